The Morgan fingerprint density at radius 2 is 2.24 bits per heavy atom. The third-order valence-electron chi connectivity index (χ3n) is 3.22. The van der Waals surface area contributed by atoms with Crippen LogP contribution in [0.1, 0.15) is 0 Å². The fraction of sp³-hybridized carbons (Fsp3) is 0.538. The first kappa shape index (κ1) is 12.7. The quantitative estimate of drug-likeness (QED) is 0.884. The number of nitrogens with one attached hydrogen (secondary N) is 1. The molecule has 1 fully saturated rings. The van der Waals surface area contributed by atoms with E-state index in [2.05, 4.69) is 35.3 Å². The maximum Gasteiger partial charge on any atom is 0.0639 e. The molecule has 1 aliphatic rings. The molecule has 0 aromatic heterocycles. The van der Waals surface area contributed by atoms with Gasteiger partial charge in [-0.2, -0.15) is 0 Å². The number of hydrogen-bond donors (Lipinski definition) is 1. The Morgan fingerprint density at radius 1 is 1.47 bits per heavy atom. The molecule has 1 N–H and O–H groups in total. The van der Waals surface area contributed by atoms with Crippen LogP contribution in [-0.2, 0) is 0 Å². The highest BCUT2D eigenvalue weighted by Gasteiger charge is 2.18. The van der Waals surface area contributed by atoms with E-state index in [1.807, 2.05) is 18.2 Å². The number of likely N-dealkylation sites (N-methyl/N-ethyl adjacent to an activating group) is 2. The van der Waals surface area contributed by atoms with Gasteiger partial charge in [-0.25, -0.2) is 0 Å². The highest BCUT2D eigenvalue weighted by molar-refractivity contribution is 6.33. The van der Waals surface area contributed by atoms with Gasteiger partial charge in [0.05, 0.1) is 10.7 Å². The van der Waals surface area contributed by atoms with Crippen molar-refractivity contribution in [1.82, 2.24) is 10.2 Å². The van der Waals surface area contributed by atoms with Crippen molar-refractivity contribution in [3.05, 3.63) is 29.3 Å². The molecule has 1 atom stereocenters. The van der Waals surface area contributed by atoms with Crippen LogP contribution in [0, 0.1) is 0 Å². The van der Waals surface area contributed by atoms with Crippen LogP contribution in [0.25, 0.3) is 0 Å². The van der Waals surface area contributed by atoms with E-state index in [0.29, 0.717) is 6.04 Å². The van der Waals surface area contributed by atoms with Gasteiger partial charge < -0.3 is 15.1 Å². The predicted octanol–water partition coefficient (Wildman–Crippen LogP) is 1.68. The van der Waals surface area contributed by atoms with Crippen molar-refractivity contribution in [2.24, 2.45) is 0 Å². The monoisotopic (exact) mass is 253 g/mol. The molecule has 0 aliphatic carbocycles. The van der Waals surface area contributed by atoms with Gasteiger partial charge in [-0.3, -0.25) is 0 Å². The van der Waals surface area contributed by atoms with E-state index in [0.717, 1.165) is 36.9 Å². The van der Waals surface area contributed by atoms with Gasteiger partial charge in [-0.05, 0) is 19.2 Å². The van der Waals surface area contributed by atoms with Crippen molar-refractivity contribution in [3.63, 3.8) is 0 Å². The van der Waals surface area contributed by atoms with Crippen LogP contribution in [0.15, 0.2) is 24.3 Å². The molecule has 0 bridgehead atoms. The summed E-state index contributed by atoms with van der Waals surface area (Å²) in [6, 6.07) is 8.50. The highest BCUT2D eigenvalue weighted by atomic mass is 35.5. The van der Waals surface area contributed by atoms with E-state index in [1.165, 1.54) is 0 Å². The molecular weight excluding hydrogens is 234 g/mol. The second kappa shape index (κ2) is 5.71. The highest BCUT2D eigenvalue weighted by Crippen LogP contribution is 2.24. The minimum atomic E-state index is 0.509. The number of hydrogen-bond acceptors (Lipinski definition) is 3. The SMILES string of the molecule is CN1CCNC(CN(C)c2ccccc2Cl)C1. The third-order valence-corrected chi connectivity index (χ3v) is 3.54. The number of halogens is 1. The maximum atomic E-state index is 6.19. The molecule has 1 aliphatic heterocycles. The summed E-state index contributed by atoms with van der Waals surface area (Å²) < 4.78 is 0. The summed E-state index contributed by atoms with van der Waals surface area (Å²) in [6.07, 6.45) is 0. The lowest BCUT2D eigenvalue weighted by atomic mass is 10.2. The van der Waals surface area contributed by atoms with Crippen molar-refractivity contribution >= 4 is 17.3 Å². The molecule has 0 amide bonds. The van der Waals surface area contributed by atoms with E-state index in [1.54, 1.807) is 0 Å². The third kappa shape index (κ3) is 3.35. The number of rotatable bonds is 3. The molecule has 1 heterocycles. The van der Waals surface area contributed by atoms with Gasteiger partial charge >= 0.3 is 0 Å². The Hall–Kier alpha value is -0.770. The van der Waals surface area contributed by atoms with Crippen molar-refractivity contribution in [2.75, 3.05) is 45.2 Å². The lowest BCUT2D eigenvalue weighted by molar-refractivity contribution is 0.241. The van der Waals surface area contributed by atoms with Gasteiger partial charge in [0.2, 0.25) is 0 Å². The molecule has 0 spiro atoms. The van der Waals surface area contributed by atoms with Gasteiger partial charge in [0, 0.05) is 39.3 Å². The topological polar surface area (TPSA) is 18.5 Å². The summed E-state index contributed by atoms with van der Waals surface area (Å²) in [5.74, 6) is 0. The zero-order chi connectivity index (χ0) is 12.3. The maximum absolute atomic E-state index is 6.19. The lowest BCUT2D eigenvalue weighted by Gasteiger charge is -2.34. The van der Waals surface area contributed by atoms with E-state index in [-0.39, 0.29) is 0 Å². The average Bonchev–Trinajstić information content (AvgIpc) is 2.29. The van der Waals surface area contributed by atoms with Crippen LogP contribution in [-0.4, -0.2) is 51.2 Å². The fourth-order valence-electron chi connectivity index (χ4n) is 2.30. The van der Waals surface area contributed by atoms with Crippen molar-refractivity contribution < 1.29 is 0 Å². The van der Waals surface area contributed by atoms with Crippen LogP contribution in [0.2, 0.25) is 5.02 Å². The first-order valence-corrected chi connectivity index (χ1v) is 6.42. The van der Waals surface area contributed by atoms with Crippen molar-refractivity contribution in [2.45, 2.75) is 6.04 Å². The standard InChI is InChI=1S/C13H20ClN3/c1-16-8-7-15-11(9-16)10-17(2)13-6-4-3-5-12(13)14/h3-6,11,15H,7-10H2,1-2H3. The molecule has 0 saturated carbocycles. The molecule has 1 aromatic carbocycles. The largest absolute Gasteiger partial charge is 0.372 e. The Bertz CT molecular complexity index is 369. The Balaban J connectivity index is 1.97. The zero-order valence-electron chi connectivity index (χ0n) is 10.5. The molecule has 17 heavy (non-hydrogen) atoms. The fourth-order valence-corrected chi connectivity index (χ4v) is 2.58. The molecule has 4 heteroatoms. The van der Waals surface area contributed by atoms with Crippen LogP contribution in [0.4, 0.5) is 5.69 Å². The summed E-state index contributed by atoms with van der Waals surface area (Å²) >= 11 is 6.19. The van der Waals surface area contributed by atoms with Crippen LogP contribution >= 0.6 is 11.6 Å². The molecule has 1 saturated heterocycles. The van der Waals surface area contributed by atoms with Crippen LogP contribution in [0.5, 0.6) is 0 Å². The normalized spacial score (nSPS) is 21.5. The number of anilines is 1. The second-order valence-electron chi connectivity index (χ2n) is 4.75. The minimum absolute atomic E-state index is 0.509. The molecule has 3 nitrogen and oxygen atoms in total. The Kier molecular flexibility index (Phi) is 4.26. The number of benzene rings is 1. The van der Waals surface area contributed by atoms with E-state index in [9.17, 15) is 0 Å². The van der Waals surface area contributed by atoms with E-state index >= 15 is 0 Å². The van der Waals surface area contributed by atoms with Crippen molar-refractivity contribution in [1.29, 1.82) is 0 Å². The Morgan fingerprint density at radius 3 is 2.94 bits per heavy atom. The first-order valence-electron chi connectivity index (χ1n) is 6.04. The molecular formula is C13H20ClN3. The number of para-hydroxylation sites is 1. The van der Waals surface area contributed by atoms with Gasteiger partial charge in [0.25, 0.3) is 0 Å². The van der Waals surface area contributed by atoms with Crippen LogP contribution < -0.4 is 10.2 Å². The van der Waals surface area contributed by atoms with E-state index < -0.39 is 0 Å². The smallest absolute Gasteiger partial charge is 0.0639 e. The molecule has 94 valence electrons. The molecule has 1 aromatic rings. The minimum Gasteiger partial charge on any atom is -0.372 e. The summed E-state index contributed by atoms with van der Waals surface area (Å²) in [5.41, 5.74) is 1.10. The van der Waals surface area contributed by atoms with Crippen molar-refractivity contribution in [3.8, 4) is 0 Å². The average molecular weight is 254 g/mol. The van der Waals surface area contributed by atoms with Gasteiger partial charge in [-0.1, -0.05) is 23.7 Å². The molecule has 1 unspecified atom stereocenters. The summed E-state index contributed by atoms with van der Waals surface area (Å²) in [4.78, 5) is 4.58. The Labute approximate surface area is 108 Å². The number of piperazine rings is 1. The number of nitrogens with zero attached hydrogens (tertiary/aromatic N) is 2. The predicted molar refractivity (Wildman–Crippen MR) is 74.0 cm³/mol. The first-order chi connectivity index (χ1) is 8.16. The summed E-state index contributed by atoms with van der Waals surface area (Å²) in [5, 5.41) is 4.36. The molecule has 2 rings (SSSR count). The van der Waals surface area contributed by atoms with Gasteiger partial charge in [0.15, 0.2) is 0 Å². The van der Waals surface area contributed by atoms with Crippen LogP contribution in [0.3, 0.4) is 0 Å². The van der Waals surface area contributed by atoms with Gasteiger partial charge in [-0.15, -0.1) is 0 Å². The lowest BCUT2D eigenvalue weighted by Crippen LogP contribution is -2.53. The zero-order valence-corrected chi connectivity index (χ0v) is 11.2. The summed E-state index contributed by atoms with van der Waals surface area (Å²) in [7, 11) is 4.26. The second-order valence-corrected chi connectivity index (χ2v) is 5.15. The molecule has 0 radical (unpaired) electrons. The summed E-state index contributed by atoms with van der Waals surface area (Å²) in [6.45, 7) is 4.27. The van der Waals surface area contributed by atoms with E-state index in [4.69, 9.17) is 11.6 Å². The van der Waals surface area contributed by atoms with Gasteiger partial charge in [0.1, 0.15) is 0 Å².